The first-order valence-corrected chi connectivity index (χ1v) is 7.11. The molecular weight excluding hydrogens is 226 g/mol. The van der Waals surface area contributed by atoms with Gasteiger partial charge in [-0.2, -0.15) is 0 Å². The van der Waals surface area contributed by atoms with E-state index in [2.05, 4.69) is 25.8 Å². The van der Waals surface area contributed by atoms with Gasteiger partial charge in [0.1, 0.15) is 0 Å². The van der Waals surface area contributed by atoms with E-state index >= 15 is 0 Å². The number of hydrogen-bond donors (Lipinski definition) is 1. The molecule has 4 heteroatoms. The fourth-order valence-electron chi connectivity index (χ4n) is 2.68. The number of piperidine rings is 1. The smallest absolute Gasteiger partial charge is 0.240 e. The zero-order valence-corrected chi connectivity index (χ0v) is 12.5. The maximum Gasteiger partial charge on any atom is 0.240 e. The van der Waals surface area contributed by atoms with Crippen LogP contribution in [0.15, 0.2) is 0 Å². The minimum absolute atomic E-state index is 0.111. The molecule has 106 valence electrons. The quantitative estimate of drug-likeness (QED) is 0.824. The molecule has 0 spiro atoms. The highest BCUT2D eigenvalue weighted by Crippen LogP contribution is 2.19. The van der Waals surface area contributed by atoms with E-state index in [1.807, 2.05) is 18.7 Å². The van der Waals surface area contributed by atoms with Crippen molar-refractivity contribution in [3.05, 3.63) is 0 Å². The van der Waals surface area contributed by atoms with Crippen molar-refractivity contribution in [1.82, 2.24) is 9.80 Å². The molecule has 0 aromatic heterocycles. The van der Waals surface area contributed by atoms with Crippen molar-refractivity contribution in [2.75, 3.05) is 20.1 Å². The van der Waals surface area contributed by atoms with Gasteiger partial charge in [0, 0.05) is 18.6 Å². The van der Waals surface area contributed by atoms with E-state index in [4.69, 9.17) is 5.73 Å². The zero-order valence-electron chi connectivity index (χ0n) is 12.5. The molecule has 2 N–H and O–H groups in total. The van der Waals surface area contributed by atoms with Gasteiger partial charge >= 0.3 is 0 Å². The Bertz CT molecular complexity index is 278. The maximum absolute atomic E-state index is 12.5. The van der Waals surface area contributed by atoms with Gasteiger partial charge in [-0.3, -0.25) is 4.79 Å². The summed E-state index contributed by atoms with van der Waals surface area (Å²) in [6, 6.07) is 0.166. The lowest BCUT2D eigenvalue weighted by Gasteiger charge is -2.41. The number of nitrogens with two attached hydrogens (primary N) is 1. The Kier molecular flexibility index (Phi) is 5.60. The van der Waals surface area contributed by atoms with E-state index in [9.17, 15) is 4.79 Å². The van der Waals surface area contributed by atoms with Gasteiger partial charge in [-0.15, -0.1) is 0 Å². The molecule has 2 atom stereocenters. The molecule has 1 fully saturated rings. The fraction of sp³-hybridized carbons (Fsp3) is 0.929. The number of hydrogen-bond acceptors (Lipinski definition) is 3. The number of carbonyl (C=O) groups is 1. The number of nitrogens with zero attached hydrogens (tertiary/aromatic N) is 2. The monoisotopic (exact) mass is 255 g/mol. The first-order chi connectivity index (χ1) is 8.34. The molecular formula is C14H29N3O. The van der Waals surface area contributed by atoms with Gasteiger partial charge in [0.15, 0.2) is 0 Å². The molecule has 0 saturated carbocycles. The topological polar surface area (TPSA) is 49.6 Å². The van der Waals surface area contributed by atoms with Crippen molar-refractivity contribution in [3.8, 4) is 0 Å². The Morgan fingerprint density at radius 2 is 1.94 bits per heavy atom. The van der Waals surface area contributed by atoms with Gasteiger partial charge in [-0.05, 0) is 46.2 Å². The van der Waals surface area contributed by atoms with Crippen LogP contribution in [0.3, 0.4) is 0 Å². The molecule has 1 heterocycles. The van der Waals surface area contributed by atoms with Crippen LogP contribution in [0.2, 0.25) is 0 Å². The van der Waals surface area contributed by atoms with Crippen molar-refractivity contribution >= 4 is 5.91 Å². The Balaban J connectivity index is 2.78. The molecule has 0 aromatic carbocycles. The normalized spacial score (nSPS) is 23.4. The van der Waals surface area contributed by atoms with Crippen molar-refractivity contribution in [2.45, 2.75) is 58.7 Å². The van der Waals surface area contributed by atoms with E-state index in [0.717, 1.165) is 25.9 Å². The molecule has 0 bridgehead atoms. The molecule has 0 radical (unpaired) electrons. The van der Waals surface area contributed by atoms with Crippen LogP contribution in [-0.2, 0) is 4.79 Å². The van der Waals surface area contributed by atoms with E-state index < -0.39 is 0 Å². The predicted molar refractivity (Wildman–Crippen MR) is 75.3 cm³/mol. The number of carbonyl (C=O) groups excluding carboxylic acids is 1. The molecule has 1 amide bonds. The first kappa shape index (κ1) is 15.4. The maximum atomic E-state index is 12.5. The van der Waals surface area contributed by atoms with Crippen LogP contribution in [0.4, 0.5) is 0 Å². The third kappa shape index (κ3) is 3.69. The zero-order chi connectivity index (χ0) is 13.9. The van der Waals surface area contributed by atoms with E-state index in [0.29, 0.717) is 6.04 Å². The molecule has 0 aromatic rings. The van der Waals surface area contributed by atoms with Crippen molar-refractivity contribution < 1.29 is 4.79 Å². The van der Waals surface area contributed by atoms with Gasteiger partial charge in [-0.25, -0.2) is 0 Å². The molecule has 4 nitrogen and oxygen atoms in total. The average Bonchev–Trinajstić information content (AvgIpc) is 2.27. The minimum atomic E-state index is -0.375. The van der Waals surface area contributed by atoms with Crippen LogP contribution in [-0.4, -0.2) is 54.0 Å². The molecule has 1 aliphatic rings. The summed E-state index contributed by atoms with van der Waals surface area (Å²) in [5.74, 6) is 0.306. The summed E-state index contributed by atoms with van der Waals surface area (Å²) in [6.45, 7) is 10.3. The van der Waals surface area contributed by atoms with Crippen molar-refractivity contribution in [2.24, 2.45) is 11.7 Å². The standard InChI is InChI=1S/C14H29N3O/c1-10(2)13(15)14(18)17(11(3)4)12-7-6-8-16(5)9-12/h10-13H,6-9,15H2,1-5H3/t12-,13+/m1/s1. The number of amides is 1. The van der Waals surface area contributed by atoms with Crippen LogP contribution in [0, 0.1) is 5.92 Å². The van der Waals surface area contributed by atoms with Crippen molar-refractivity contribution in [1.29, 1.82) is 0 Å². The Morgan fingerprint density at radius 1 is 1.33 bits per heavy atom. The van der Waals surface area contributed by atoms with Gasteiger partial charge in [-0.1, -0.05) is 13.8 Å². The highest BCUT2D eigenvalue weighted by atomic mass is 16.2. The van der Waals surface area contributed by atoms with Crippen molar-refractivity contribution in [3.63, 3.8) is 0 Å². The second kappa shape index (κ2) is 6.53. The van der Waals surface area contributed by atoms with Crippen LogP contribution in [0.5, 0.6) is 0 Å². The third-order valence-electron chi connectivity index (χ3n) is 3.81. The third-order valence-corrected chi connectivity index (χ3v) is 3.81. The number of rotatable bonds is 4. The lowest BCUT2D eigenvalue weighted by Crippen LogP contribution is -2.57. The Morgan fingerprint density at radius 3 is 2.39 bits per heavy atom. The Hall–Kier alpha value is -0.610. The molecule has 0 unspecified atom stereocenters. The fourth-order valence-corrected chi connectivity index (χ4v) is 2.68. The van der Waals surface area contributed by atoms with E-state index in [1.54, 1.807) is 0 Å². The lowest BCUT2D eigenvalue weighted by molar-refractivity contribution is -0.139. The summed E-state index contributed by atoms with van der Waals surface area (Å²) in [7, 11) is 2.12. The SMILES string of the molecule is CC(C)[C@H](N)C(=O)N(C(C)C)[C@@H]1CCCN(C)C1. The molecule has 1 rings (SSSR count). The summed E-state index contributed by atoms with van der Waals surface area (Å²) >= 11 is 0. The summed E-state index contributed by atoms with van der Waals surface area (Å²) in [4.78, 5) is 16.8. The number of likely N-dealkylation sites (N-methyl/N-ethyl adjacent to an activating group) is 1. The van der Waals surface area contributed by atoms with E-state index in [1.165, 1.54) is 0 Å². The lowest BCUT2D eigenvalue weighted by atomic mass is 9.98. The molecule has 18 heavy (non-hydrogen) atoms. The highest BCUT2D eigenvalue weighted by molar-refractivity contribution is 5.82. The van der Waals surface area contributed by atoms with Gasteiger partial charge < -0.3 is 15.5 Å². The van der Waals surface area contributed by atoms with E-state index in [-0.39, 0.29) is 23.9 Å². The highest BCUT2D eigenvalue weighted by Gasteiger charge is 2.32. The largest absolute Gasteiger partial charge is 0.335 e. The first-order valence-electron chi connectivity index (χ1n) is 7.11. The summed E-state index contributed by atoms with van der Waals surface area (Å²) < 4.78 is 0. The molecule has 1 saturated heterocycles. The summed E-state index contributed by atoms with van der Waals surface area (Å²) in [5.41, 5.74) is 6.04. The van der Waals surface area contributed by atoms with Crippen LogP contribution < -0.4 is 5.73 Å². The van der Waals surface area contributed by atoms with Gasteiger partial charge in [0.2, 0.25) is 5.91 Å². The average molecular weight is 255 g/mol. The second-order valence-electron chi connectivity index (χ2n) is 6.17. The van der Waals surface area contributed by atoms with Gasteiger partial charge in [0.05, 0.1) is 6.04 Å². The van der Waals surface area contributed by atoms with Crippen LogP contribution in [0.1, 0.15) is 40.5 Å². The Labute approximate surface area is 111 Å². The predicted octanol–water partition coefficient (Wildman–Crippen LogP) is 1.30. The van der Waals surface area contributed by atoms with Gasteiger partial charge in [0.25, 0.3) is 0 Å². The molecule has 1 aliphatic heterocycles. The minimum Gasteiger partial charge on any atom is -0.335 e. The second-order valence-corrected chi connectivity index (χ2v) is 6.17. The summed E-state index contributed by atoms with van der Waals surface area (Å²) in [6.07, 6.45) is 2.26. The number of likely N-dealkylation sites (tertiary alicyclic amines) is 1. The van der Waals surface area contributed by atoms with Crippen LogP contribution >= 0.6 is 0 Å². The van der Waals surface area contributed by atoms with Crippen LogP contribution in [0.25, 0.3) is 0 Å². The summed E-state index contributed by atoms with van der Waals surface area (Å²) in [5, 5.41) is 0. The molecule has 0 aliphatic carbocycles.